The fourth-order valence-electron chi connectivity index (χ4n) is 2.12. The second-order valence-corrected chi connectivity index (χ2v) is 4.47. The van der Waals surface area contributed by atoms with Crippen LogP contribution in [0.4, 0.5) is 0 Å². The summed E-state index contributed by atoms with van der Waals surface area (Å²) < 4.78 is 0. The zero-order chi connectivity index (χ0) is 9.68. The van der Waals surface area contributed by atoms with E-state index in [0.29, 0.717) is 5.92 Å². The van der Waals surface area contributed by atoms with Crippen LogP contribution in [0.25, 0.3) is 0 Å². The Labute approximate surface area is 81.9 Å². The van der Waals surface area contributed by atoms with Crippen LogP contribution in [0, 0.1) is 5.92 Å². The predicted octanol–water partition coefficient (Wildman–Crippen LogP) is 3.28. The Morgan fingerprint density at radius 1 is 1.38 bits per heavy atom. The maximum atomic E-state index is 9.83. The highest BCUT2D eigenvalue weighted by molar-refractivity contribution is 4.93. The normalized spacial score (nSPS) is 20.2. The molecule has 76 valence electrons. The number of aliphatic hydroxyl groups excluding tert-OH is 1. The molecule has 1 nitrogen and oxygen atoms in total. The van der Waals surface area contributed by atoms with E-state index in [2.05, 4.69) is 19.9 Å². The second-order valence-electron chi connectivity index (χ2n) is 4.47. The lowest BCUT2D eigenvalue weighted by molar-refractivity contribution is 0.103. The molecular weight excluding hydrogens is 160 g/mol. The van der Waals surface area contributed by atoms with Crippen LogP contribution in [0.1, 0.15) is 52.4 Å². The van der Waals surface area contributed by atoms with E-state index < -0.39 is 0 Å². The molecule has 0 radical (unpaired) electrons. The van der Waals surface area contributed by atoms with Crippen molar-refractivity contribution in [3.05, 3.63) is 11.6 Å². The van der Waals surface area contributed by atoms with E-state index in [0.717, 1.165) is 12.8 Å². The molecule has 0 bridgehead atoms. The number of hydrogen-bond donors (Lipinski definition) is 1. The van der Waals surface area contributed by atoms with E-state index in [9.17, 15) is 5.11 Å². The first-order valence-electron chi connectivity index (χ1n) is 5.51. The Hall–Kier alpha value is -0.300. The van der Waals surface area contributed by atoms with E-state index in [-0.39, 0.29) is 6.10 Å². The van der Waals surface area contributed by atoms with Crippen molar-refractivity contribution in [2.75, 3.05) is 0 Å². The molecule has 0 aliphatic heterocycles. The first-order chi connectivity index (χ1) is 6.20. The smallest absolute Gasteiger partial charge is 0.0571 e. The van der Waals surface area contributed by atoms with Crippen LogP contribution < -0.4 is 0 Å². The zero-order valence-corrected chi connectivity index (χ0v) is 8.92. The Morgan fingerprint density at radius 2 is 2.00 bits per heavy atom. The van der Waals surface area contributed by atoms with Crippen LogP contribution >= 0.6 is 0 Å². The van der Waals surface area contributed by atoms with Crippen LogP contribution in [-0.4, -0.2) is 11.2 Å². The van der Waals surface area contributed by atoms with Crippen molar-refractivity contribution in [3.8, 4) is 0 Å². The first-order valence-corrected chi connectivity index (χ1v) is 5.51. The summed E-state index contributed by atoms with van der Waals surface area (Å²) in [6, 6.07) is 0. The Bertz CT molecular complexity index is 162. The minimum absolute atomic E-state index is 0.0434. The minimum Gasteiger partial charge on any atom is -0.393 e. The summed E-state index contributed by atoms with van der Waals surface area (Å²) in [5, 5.41) is 9.83. The van der Waals surface area contributed by atoms with E-state index >= 15 is 0 Å². The van der Waals surface area contributed by atoms with Crippen molar-refractivity contribution < 1.29 is 5.11 Å². The molecule has 1 heteroatoms. The van der Waals surface area contributed by atoms with Gasteiger partial charge in [0, 0.05) is 0 Å². The van der Waals surface area contributed by atoms with E-state index in [4.69, 9.17) is 0 Å². The van der Waals surface area contributed by atoms with Gasteiger partial charge in [0.2, 0.25) is 0 Å². The van der Waals surface area contributed by atoms with Gasteiger partial charge in [-0.15, -0.1) is 0 Å². The van der Waals surface area contributed by atoms with Crippen molar-refractivity contribution in [2.24, 2.45) is 5.92 Å². The third-order valence-corrected chi connectivity index (χ3v) is 2.96. The summed E-state index contributed by atoms with van der Waals surface area (Å²) in [6.45, 7) is 4.23. The molecule has 13 heavy (non-hydrogen) atoms. The van der Waals surface area contributed by atoms with Gasteiger partial charge >= 0.3 is 0 Å². The van der Waals surface area contributed by atoms with Gasteiger partial charge < -0.3 is 5.11 Å². The van der Waals surface area contributed by atoms with Gasteiger partial charge in [0.05, 0.1) is 6.10 Å². The summed E-state index contributed by atoms with van der Waals surface area (Å²) >= 11 is 0. The molecule has 1 atom stereocenters. The van der Waals surface area contributed by atoms with E-state index in [1.54, 1.807) is 0 Å². The number of aliphatic hydroxyl groups is 1. The van der Waals surface area contributed by atoms with Gasteiger partial charge in [0.25, 0.3) is 0 Å². The van der Waals surface area contributed by atoms with Gasteiger partial charge in [0.15, 0.2) is 0 Å². The lowest BCUT2D eigenvalue weighted by atomic mass is 9.97. The molecule has 0 aromatic rings. The topological polar surface area (TPSA) is 20.2 Å². The van der Waals surface area contributed by atoms with Crippen molar-refractivity contribution in [1.29, 1.82) is 0 Å². The molecule has 0 saturated heterocycles. The molecule has 1 unspecified atom stereocenters. The van der Waals surface area contributed by atoms with E-state index in [1.165, 1.54) is 31.3 Å². The molecular formula is C12H22O. The molecule has 1 N–H and O–H groups in total. The van der Waals surface area contributed by atoms with Crippen LogP contribution in [0.5, 0.6) is 0 Å². The molecule has 0 aromatic carbocycles. The maximum absolute atomic E-state index is 9.83. The summed E-state index contributed by atoms with van der Waals surface area (Å²) in [5.74, 6) is 0.602. The van der Waals surface area contributed by atoms with Gasteiger partial charge in [-0.2, -0.15) is 0 Å². The standard InChI is InChI=1S/C12H22O/c1-10(2)6-5-9-12(13)11-7-3-4-8-11/h6,11-13H,3-5,7-9H2,1-2H3. The van der Waals surface area contributed by atoms with Crippen molar-refractivity contribution in [3.63, 3.8) is 0 Å². The highest BCUT2D eigenvalue weighted by Crippen LogP contribution is 2.29. The average molecular weight is 182 g/mol. The van der Waals surface area contributed by atoms with Crippen molar-refractivity contribution >= 4 is 0 Å². The Morgan fingerprint density at radius 3 is 2.54 bits per heavy atom. The van der Waals surface area contributed by atoms with Crippen LogP contribution in [0.15, 0.2) is 11.6 Å². The molecule has 0 spiro atoms. The molecule has 1 aliphatic rings. The summed E-state index contributed by atoms with van der Waals surface area (Å²) in [6.07, 6.45) is 9.31. The third-order valence-electron chi connectivity index (χ3n) is 2.96. The predicted molar refractivity (Wildman–Crippen MR) is 56.6 cm³/mol. The van der Waals surface area contributed by atoms with Gasteiger partial charge in [-0.05, 0) is 45.4 Å². The summed E-state index contributed by atoms with van der Waals surface area (Å²) in [5.41, 5.74) is 1.36. The van der Waals surface area contributed by atoms with Crippen molar-refractivity contribution in [1.82, 2.24) is 0 Å². The second kappa shape index (κ2) is 5.43. The Balaban J connectivity index is 2.16. The highest BCUT2D eigenvalue weighted by atomic mass is 16.3. The molecule has 1 saturated carbocycles. The largest absolute Gasteiger partial charge is 0.393 e. The molecule has 1 fully saturated rings. The molecule has 1 rings (SSSR count). The van der Waals surface area contributed by atoms with E-state index in [1.807, 2.05) is 0 Å². The lowest BCUT2D eigenvalue weighted by Crippen LogP contribution is -2.16. The molecule has 0 aromatic heterocycles. The monoisotopic (exact) mass is 182 g/mol. The fraction of sp³-hybridized carbons (Fsp3) is 0.833. The van der Waals surface area contributed by atoms with Gasteiger partial charge in [0.1, 0.15) is 0 Å². The van der Waals surface area contributed by atoms with Gasteiger partial charge in [-0.3, -0.25) is 0 Å². The zero-order valence-electron chi connectivity index (χ0n) is 8.92. The number of allylic oxidation sites excluding steroid dienone is 2. The fourth-order valence-corrected chi connectivity index (χ4v) is 2.12. The highest BCUT2D eigenvalue weighted by Gasteiger charge is 2.22. The summed E-state index contributed by atoms with van der Waals surface area (Å²) in [7, 11) is 0. The SMILES string of the molecule is CC(C)=CCCC(O)C1CCCC1. The maximum Gasteiger partial charge on any atom is 0.0571 e. The van der Waals surface area contributed by atoms with Crippen molar-refractivity contribution in [2.45, 2.75) is 58.5 Å². The van der Waals surface area contributed by atoms with Crippen LogP contribution in [-0.2, 0) is 0 Å². The number of rotatable bonds is 4. The Kier molecular flexibility index (Phi) is 4.51. The van der Waals surface area contributed by atoms with Crippen LogP contribution in [0.2, 0.25) is 0 Å². The minimum atomic E-state index is -0.0434. The van der Waals surface area contributed by atoms with Gasteiger partial charge in [-0.1, -0.05) is 24.5 Å². The number of hydrogen-bond acceptors (Lipinski definition) is 1. The first kappa shape index (κ1) is 10.8. The molecule has 0 amide bonds. The average Bonchev–Trinajstić information content (AvgIpc) is 2.55. The lowest BCUT2D eigenvalue weighted by Gasteiger charge is -2.16. The quantitative estimate of drug-likeness (QED) is 0.661. The molecule has 1 aliphatic carbocycles. The molecule has 0 heterocycles. The van der Waals surface area contributed by atoms with Crippen LogP contribution in [0.3, 0.4) is 0 Å². The summed E-state index contributed by atoms with van der Waals surface area (Å²) in [4.78, 5) is 0. The van der Waals surface area contributed by atoms with Gasteiger partial charge in [-0.25, -0.2) is 0 Å². The third kappa shape index (κ3) is 3.95.